The molecule has 1 saturated heterocycles. The van der Waals surface area contributed by atoms with Crippen molar-refractivity contribution < 1.29 is 14.0 Å². The molecule has 1 aliphatic heterocycles. The number of ether oxygens (including phenoxy) is 1. The zero-order valence-electron chi connectivity index (χ0n) is 14.3. The molecule has 126 valence electrons. The number of rotatable bonds is 4. The molecule has 3 rings (SSSR count). The van der Waals surface area contributed by atoms with Crippen molar-refractivity contribution >= 4 is 24.2 Å². The zero-order valence-corrected chi connectivity index (χ0v) is 15.0. The second-order valence-electron chi connectivity index (χ2n) is 6.82. The van der Waals surface area contributed by atoms with Crippen molar-refractivity contribution in [2.75, 3.05) is 0 Å². The molecule has 0 saturated carbocycles. The van der Waals surface area contributed by atoms with Crippen LogP contribution in [0.1, 0.15) is 32.8 Å². The first kappa shape index (κ1) is 17.3. The predicted molar refractivity (Wildman–Crippen MR) is 97.9 cm³/mol. The molecule has 0 radical (unpaired) electrons. The van der Waals surface area contributed by atoms with Crippen molar-refractivity contribution in [3.05, 3.63) is 59.1 Å². The molecule has 1 heterocycles. The summed E-state index contributed by atoms with van der Waals surface area (Å²) in [5.74, 6) is 0.751. The van der Waals surface area contributed by atoms with Crippen LogP contribution >= 0.6 is 11.6 Å². The van der Waals surface area contributed by atoms with Gasteiger partial charge >= 0.3 is 7.12 Å². The van der Waals surface area contributed by atoms with Gasteiger partial charge in [-0.2, -0.15) is 0 Å². The Morgan fingerprint density at radius 2 is 1.96 bits per heavy atom. The Balaban J connectivity index is 1.76. The number of hydrogen-bond donors (Lipinski definition) is 0. The van der Waals surface area contributed by atoms with E-state index in [1.165, 1.54) is 0 Å². The lowest BCUT2D eigenvalue weighted by Gasteiger charge is -2.38. The average Bonchev–Trinajstić information content (AvgIpc) is 2.53. The highest BCUT2D eigenvalue weighted by Gasteiger charge is 2.39. The Kier molecular flexibility index (Phi) is 5.19. The molecule has 2 aromatic carbocycles. The maximum Gasteiger partial charge on any atom is 0.496 e. The van der Waals surface area contributed by atoms with Crippen LogP contribution in [0.25, 0.3) is 0 Å². The minimum atomic E-state index is -0.475. The van der Waals surface area contributed by atoms with Crippen LogP contribution in [0.4, 0.5) is 0 Å². The Bertz CT molecular complexity index is 690. The molecular weight excluding hydrogens is 322 g/mol. The van der Waals surface area contributed by atoms with Gasteiger partial charge in [0.15, 0.2) is 0 Å². The summed E-state index contributed by atoms with van der Waals surface area (Å²) in [5.41, 5.74) is 1.68. The number of hydrogen-bond acceptors (Lipinski definition) is 3. The minimum Gasteiger partial charge on any atom is -0.489 e. The van der Waals surface area contributed by atoms with Crippen LogP contribution in [-0.4, -0.2) is 18.8 Å². The van der Waals surface area contributed by atoms with Gasteiger partial charge in [0.25, 0.3) is 0 Å². The van der Waals surface area contributed by atoms with E-state index in [2.05, 4.69) is 20.8 Å². The van der Waals surface area contributed by atoms with E-state index in [4.69, 9.17) is 25.6 Å². The molecular formula is C19H22BClO3. The van der Waals surface area contributed by atoms with Crippen molar-refractivity contribution in [2.24, 2.45) is 0 Å². The summed E-state index contributed by atoms with van der Waals surface area (Å²) in [6.07, 6.45) is 0.967. The van der Waals surface area contributed by atoms with Crippen LogP contribution in [0.3, 0.4) is 0 Å². The molecule has 1 fully saturated rings. The molecule has 0 aliphatic carbocycles. The molecule has 0 N–H and O–H groups in total. The quantitative estimate of drug-likeness (QED) is 0.777. The van der Waals surface area contributed by atoms with Gasteiger partial charge in [0.05, 0.1) is 5.60 Å². The van der Waals surface area contributed by atoms with Gasteiger partial charge in [-0.1, -0.05) is 41.9 Å². The largest absolute Gasteiger partial charge is 0.496 e. The lowest BCUT2D eigenvalue weighted by atomic mass is 9.75. The van der Waals surface area contributed by atoms with Crippen molar-refractivity contribution in [2.45, 2.75) is 45.5 Å². The highest BCUT2D eigenvalue weighted by atomic mass is 35.5. The topological polar surface area (TPSA) is 27.7 Å². The molecule has 3 nitrogen and oxygen atoms in total. The first-order valence-electron chi connectivity index (χ1n) is 8.22. The molecule has 0 spiro atoms. The molecule has 2 aromatic rings. The Morgan fingerprint density at radius 3 is 2.67 bits per heavy atom. The summed E-state index contributed by atoms with van der Waals surface area (Å²) in [4.78, 5) is 0. The Morgan fingerprint density at radius 1 is 1.21 bits per heavy atom. The lowest BCUT2D eigenvalue weighted by Crippen LogP contribution is -2.52. The summed E-state index contributed by atoms with van der Waals surface area (Å²) < 4.78 is 17.9. The van der Waals surface area contributed by atoms with Gasteiger partial charge in [-0.25, -0.2) is 0 Å². The molecule has 0 aromatic heterocycles. The van der Waals surface area contributed by atoms with E-state index < -0.39 is 7.12 Å². The van der Waals surface area contributed by atoms with Crippen LogP contribution in [0.15, 0.2) is 48.5 Å². The van der Waals surface area contributed by atoms with Crippen LogP contribution < -0.4 is 10.2 Å². The summed E-state index contributed by atoms with van der Waals surface area (Å²) in [5, 5.41) is 0.622. The van der Waals surface area contributed by atoms with Gasteiger partial charge in [-0.05, 0) is 51.0 Å². The molecule has 0 amide bonds. The Hall–Kier alpha value is -1.49. The normalized spacial score (nSPS) is 20.0. The van der Waals surface area contributed by atoms with Crippen molar-refractivity contribution in [1.29, 1.82) is 0 Å². The maximum absolute atomic E-state index is 6.37. The highest BCUT2D eigenvalue weighted by molar-refractivity contribution is 6.65. The highest BCUT2D eigenvalue weighted by Crippen LogP contribution is 2.27. The average molecular weight is 345 g/mol. The second-order valence-corrected chi connectivity index (χ2v) is 7.23. The molecule has 0 bridgehead atoms. The van der Waals surface area contributed by atoms with Gasteiger partial charge in [-0.15, -0.1) is 0 Å². The lowest BCUT2D eigenvalue weighted by molar-refractivity contribution is -0.0229. The summed E-state index contributed by atoms with van der Waals surface area (Å²) in [6, 6.07) is 15.7. The van der Waals surface area contributed by atoms with E-state index in [0.717, 1.165) is 23.2 Å². The van der Waals surface area contributed by atoms with E-state index >= 15 is 0 Å². The predicted octanol–water partition coefficient (Wildman–Crippen LogP) is 4.22. The van der Waals surface area contributed by atoms with E-state index in [9.17, 15) is 0 Å². The zero-order chi connectivity index (χ0) is 17.2. The summed E-state index contributed by atoms with van der Waals surface area (Å²) in [6.45, 7) is 6.71. The molecule has 0 unspecified atom stereocenters. The van der Waals surface area contributed by atoms with E-state index in [1.807, 2.05) is 48.5 Å². The molecule has 1 atom stereocenters. The van der Waals surface area contributed by atoms with Crippen molar-refractivity contribution in [3.8, 4) is 5.75 Å². The fraction of sp³-hybridized carbons (Fsp3) is 0.368. The standard InChI is InChI=1S/C19H22BClO3/c1-14-12-19(2,3)24-20(23-14)17-11-16(9-10-18(17)21)22-13-15-7-5-4-6-8-15/h4-11,14H,12-13H2,1-3H3/t14-/m1/s1. The minimum absolute atomic E-state index is 0.115. The van der Waals surface area contributed by atoms with Crippen LogP contribution in [0.5, 0.6) is 5.75 Å². The molecule has 5 heteroatoms. The van der Waals surface area contributed by atoms with Crippen molar-refractivity contribution in [1.82, 2.24) is 0 Å². The van der Waals surface area contributed by atoms with Crippen molar-refractivity contribution in [3.63, 3.8) is 0 Å². The smallest absolute Gasteiger partial charge is 0.489 e. The number of halogens is 1. The SMILES string of the molecule is C[C@@H]1CC(C)(C)OB(c2cc(OCc3ccccc3)ccc2Cl)O1. The van der Waals surface area contributed by atoms with E-state index in [1.54, 1.807) is 0 Å². The van der Waals surface area contributed by atoms with E-state index in [0.29, 0.717) is 11.6 Å². The Labute approximate surface area is 149 Å². The second kappa shape index (κ2) is 7.18. The fourth-order valence-electron chi connectivity index (χ4n) is 2.99. The van der Waals surface area contributed by atoms with Gasteiger partial charge in [0.1, 0.15) is 12.4 Å². The first-order chi connectivity index (χ1) is 11.4. The summed E-state index contributed by atoms with van der Waals surface area (Å²) >= 11 is 6.37. The monoisotopic (exact) mass is 344 g/mol. The third-order valence-corrected chi connectivity index (χ3v) is 4.37. The first-order valence-corrected chi connectivity index (χ1v) is 8.60. The van der Waals surface area contributed by atoms with Gasteiger partial charge < -0.3 is 14.0 Å². The molecule has 24 heavy (non-hydrogen) atoms. The maximum atomic E-state index is 6.37. The third-order valence-electron chi connectivity index (χ3n) is 4.03. The molecule has 1 aliphatic rings. The fourth-order valence-corrected chi connectivity index (χ4v) is 3.19. The third kappa shape index (κ3) is 4.32. The van der Waals surface area contributed by atoms with E-state index in [-0.39, 0.29) is 11.7 Å². The summed E-state index contributed by atoms with van der Waals surface area (Å²) in [7, 11) is -0.475. The van der Waals surface area contributed by atoms with Gasteiger partial charge in [0, 0.05) is 16.6 Å². The number of benzene rings is 2. The van der Waals surface area contributed by atoms with Gasteiger partial charge in [0.2, 0.25) is 0 Å². The van der Waals surface area contributed by atoms with Crippen LogP contribution in [0, 0.1) is 0 Å². The van der Waals surface area contributed by atoms with Crippen LogP contribution in [0.2, 0.25) is 5.02 Å². The van der Waals surface area contributed by atoms with Crippen LogP contribution in [-0.2, 0) is 15.9 Å². The van der Waals surface area contributed by atoms with Gasteiger partial charge in [-0.3, -0.25) is 0 Å².